The predicted octanol–water partition coefficient (Wildman–Crippen LogP) is 4.26. The van der Waals surface area contributed by atoms with Crippen LogP contribution in [-0.2, 0) is 16.6 Å². The predicted molar refractivity (Wildman–Crippen MR) is 123 cm³/mol. The monoisotopic (exact) mass is 462 g/mol. The number of sulfonamides is 1. The van der Waals surface area contributed by atoms with E-state index in [1.165, 1.54) is 21.9 Å². The Balaban J connectivity index is 1.72. The molecule has 0 atom stereocenters. The molecule has 1 N–H and O–H groups in total. The fourth-order valence-corrected chi connectivity index (χ4v) is 5.17. The van der Waals surface area contributed by atoms with Gasteiger partial charge in [-0.25, -0.2) is 8.42 Å². The van der Waals surface area contributed by atoms with Crippen LogP contribution in [-0.4, -0.2) is 36.5 Å². The number of anilines is 2. The molecule has 0 bridgehead atoms. The smallest absolute Gasteiger partial charge is 0.257 e. The summed E-state index contributed by atoms with van der Waals surface area (Å²) >= 11 is 2.93. The molecule has 30 heavy (non-hydrogen) atoms. The summed E-state index contributed by atoms with van der Waals surface area (Å²) < 4.78 is 26.7. The van der Waals surface area contributed by atoms with Gasteiger partial charge in [0.25, 0.3) is 5.91 Å². The van der Waals surface area contributed by atoms with E-state index in [1.807, 2.05) is 30.3 Å². The molecule has 0 aliphatic carbocycles. The maximum Gasteiger partial charge on any atom is 0.257 e. The first-order valence-electron chi connectivity index (χ1n) is 9.26. The second-order valence-electron chi connectivity index (χ2n) is 6.48. The molecule has 0 saturated carbocycles. The van der Waals surface area contributed by atoms with Gasteiger partial charge in [-0.2, -0.15) is 0 Å². The number of carbonyl (C=O) groups excluding carboxylic acids is 1. The Morgan fingerprint density at radius 2 is 1.80 bits per heavy atom. The number of nitrogens with zero attached hydrogens (tertiary/aromatic N) is 3. The first-order valence-corrected chi connectivity index (χ1v) is 12.9. The molecule has 0 unspecified atom stereocenters. The molecule has 3 rings (SSSR count). The third-order valence-electron chi connectivity index (χ3n) is 4.04. The highest BCUT2D eigenvalue weighted by Gasteiger charge is 2.18. The third kappa shape index (κ3) is 6.04. The number of rotatable bonds is 9. The lowest BCUT2D eigenvalue weighted by molar-refractivity contribution is 0.102. The molecule has 0 fully saturated rings. The van der Waals surface area contributed by atoms with Gasteiger partial charge in [-0.15, -0.1) is 10.2 Å². The largest absolute Gasteiger partial charge is 0.296 e. The molecule has 7 nitrogen and oxygen atoms in total. The second-order valence-corrected chi connectivity index (χ2v) is 10.7. The van der Waals surface area contributed by atoms with Crippen LogP contribution in [0.25, 0.3) is 0 Å². The van der Waals surface area contributed by atoms with Crippen LogP contribution in [0.1, 0.15) is 29.3 Å². The Hall–Kier alpha value is -2.43. The highest BCUT2D eigenvalue weighted by atomic mass is 32.2. The zero-order chi connectivity index (χ0) is 21.6. The molecule has 10 heteroatoms. The SMILES string of the molecule is CCCSc1nnc(NC(=O)c2ccc(N(Cc3ccccc3)S(C)(=O)=O)cc2)s1. The first kappa shape index (κ1) is 22.3. The summed E-state index contributed by atoms with van der Waals surface area (Å²) in [6.45, 7) is 2.30. The fraction of sp³-hybridized carbons (Fsp3) is 0.250. The number of aromatic nitrogens is 2. The molecule has 0 spiro atoms. The van der Waals surface area contributed by atoms with Crippen molar-refractivity contribution in [1.82, 2.24) is 10.2 Å². The quantitative estimate of drug-likeness (QED) is 0.377. The molecule has 0 aliphatic heterocycles. The number of hydrogen-bond donors (Lipinski definition) is 1. The molecule has 1 aromatic heterocycles. The molecule has 158 valence electrons. The summed E-state index contributed by atoms with van der Waals surface area (Å²) in [5.74, 6) is 0.628. The van der Waals surface area contributed by atoms with Crippen molar-refractivity contribution in [1.29, 1.82) is 0 Å². The molecule has 3 aromatic rings. The van der Waals surface area contributed by atoms with E-state index in [0.29, 0.717) is 16.4 Å². The highest BCUT2D eigenvalue weighted by Crippen LogP contribution is 2.26. The van der Waals surface area contributed by atoms with Crippen molar-refractivity contribution in [2.75, 3.05) is 21.6 Å². The number of carbonyl (C=O) groups is 1. The van der Waals surface area contributed by atoms with Gasteiger partial charge in [0.15, 0.2) is 4.34 Å². The third-order valence-corrected chi connectivity index (χ3v) is 7.36. The lowest BCUT2D eigenvalue weighted by Crippen LogP contribution is -2.29. The van der Waals surface area contributed by atoms with Crippen LogP contribution in [0.2, 0.25) is 0 Å². The Labute approximate surface area is 184 Å². The molecular formula is C20H22N4O3S3. The number of benzene rings is 2. The Kier molecular flexibility index (Phi) is 7.46. The maximum absolute atomic E-state index is 12.5. The lowest BCUT2D eigenvalue weighted by atomic mass is 10.2. The summed E-state index contributed by atoms with van der Waals surface area (Å²) in [7, 11) is -3.49. The maximum atomic E-state index is 12.5. The van der Waals surface area contributed by atoms with Crippen LogP contribution in [0.3, 0.4) is 0 Å². The van der Waals surface area contributed by atoms with Gasteiger partial charge in [0.1, 0.15) is 0 Å². The zero-order valence-electron chi connectivity index (χ0n) is 16.6. The van der Waals surface area contributed by atoms with Gasteiger partial charge >= 0.3 is 0 Å². The summed E-state index contributed by atoms with van der Waals surface area (Å²) in [4.78, 5) is 12.5. The van der Waals surface area contributed by atoms with Crippen molar-refractivity contribution in [2.24, 2.45) is 0 Å². The van der Waals surface area contributed by atoms with Crippen LogP contribution in [0.4, 0.5) is 10.8 Å². The van der Waals surface area contributed by atoms with Crippen LogP contribution in [0, 0.1) is 0 Å². The van der Waals surface area contributed by atoms with E-state index in [4.69, 9.17) is 0 Å². The van der Waals surface area contributed by atoms with E-state index in [1.54, 1.807) is 36.0 Å². The summed E-state index contributed by atoms with van der Waals surface area (Å²) in [6.07, 6.45) is 2.20. The molecular weight excluding hydrogens is 440 g/mol. The van der Waals surface area contributed by atoms with Crippen molar-refractivity contribution in [3.63, 3.8) is 0 Å². The van der Waals surface area contributed by atoms with Gasteiger partial charge in [0.2, 0.25) is 15.2 Å². The highest BCUT2D eigenvalue weighted by molar-refractivity contribution is 8.01. The molecule has 1 amide bonds. The average Bonchev–Trinajstić information content (AvgIpc) is 3.18. The number of nitrogens with one attached hydrogen (secondary N) is 1. The van der Waals surface area contributed by atoms with Gasteiger partial charge in [0.05, 0.1) is 18.5 Å². The van der Waals surface area contributed by atoms with Gasteiger partial charge < -0.3 is 0 Å². The van der Waals surface area contributed by atoms with Crippen molar-refractivity contribution >= 4 is 49.8 Å². The van der Waals surface area contributed by atoms with E-state index in [9.17, 15) is 13.2 Å². The van der Waals surface area contributed by atoms with Crippen molar-refractivity contribution < 1.29 is 13.2 Å². The normalized spacial score (nSPS) is 11.3. The van der Waals surface area contributed by atoms with E-state index < -0.39 is 10.0 Å². The molecule has 0 radical (unpaired) electrons. The van der Waals surface area contributed by atoms with Crippen LogP contribution >= 0.6 is 23.1 Å². The Morgan fingerprint density at radius 1 is 1.10 bits per heavy atom. The van der Waals surface area contributed by atoms with Crippen molar-refractivity contribution in [2.45, 2.75) is 24.2 Å². The van der Waals surface area contributed by atoms with Gasteiger partial charge in [-0.1, -0.05) is 60.4 Å². The van der Waals surface area contributed by atoms with Gasteiger partial charge in [-0.05, 0) is 36.2 Å². The number of amides is 1. The summed E-state index contributed by atoms with van der Waals surface area (Å²) in [5.41, 5.74) is 1.77. The molecule has 0 aliphatic rings. The van der Waals surface area contributed by atoms with Gasteiger partial charge in [-0.3, -0.25) is 14.4 Å². The first-order chi connectivity index (χ1) is 14.4. The topological polar surface area (TPSA) is 92.3 Å². The van der Waals surface area contributed by atoms with Crippen molar-refractivity contribution in [3.05, 3.63) is 65.7 Å². The molecule has 2 aromatic carbocycles. The van der Waals surface area contributed by atoms with Crippen LogP contribution in [0.15, 0.2) is 58.9 Å². The number of thioether (sulfide) groups is 1. The van der Waals surface area contributed by atoms with Crippen LogP contribution in [0.5, 0.6) is 0 Å². The molecule has 1 heterocycles. The minimum absolute atomic E-state index is 0.216. The minimum Gasteiger partial charge on any atom is -0.296 e. The second kappa shape index (κ2) is 10.1. The van der Waals surface area contributed by atoms with Crippen LogP contribution < -0.4 is 9.62 Å². The Bertz CT molecular complexity index is 1080. The number of hydrogen-bond acceptors (Lipinski definition) is 7. The lowest BCUT2D eigenvalue weighted by Gasteiger charge is -2.22. The fourth-order valence-electron chi connectivity index (χ4n) is 2.61. The van der Waals surface area contributed by atoms with E-state index in [-0.39, 0.29) is 12.5 Å². The summed E-state index contributed by atoms with van der Waals surface area (Å²) in [6, 6.07) is 15.8. The Morgan fingerprint density at radius 3 is 2.43 bits per heavy atom. The van der Waals surface area contributed by atoms with E-state index in [0.717, 1.165) is 22.1 Å². The van der Waals surface area contributed by atoms with Crippen molar-refractivity contribution in [3.8, 4) is 0 Å². The molecule has 0 saturated heterocycles. The minimum atomic E-state index is -3.49. The van der Waals surface area contributed by atoms with E-state index >= 15 is 0 Å². The zero-order valence-corrected chi connectivity index (χ0v) is 19.1. The standard InChI is InChI=1S/C20H22N4O3S3/c1-3-13-28-20-23-22-19(29-20)21-18(25)16-9-11-17(12-10-16)24(30(2,26)27)14-15-7-5-4-6-8-15/h4-12H,3,13-14H2,1-2H3,(H,21,22,25). The van der Waals surface area contributed by atoms with Gasteiger partial charge in [0, 0.05) is 11.3 Å². The average molecular weight is 463 g/mol. The van der Waals surface area contributed by atoms with E-state index in [2.05, 4.69) is 22.4 Å². The summed E-state index contributed by atoms with van der Waals surface area (Å²) in [5, 5.41) is 11.2.